The first kappa shape index (κ1) is 16.6. The van der Waals surface area contributed by atoms with E-state index in [0.717, 1.165) is 29.0 Å². The topological polar surface area (TPSA) is 64.6 Å². The molecule has 2 aromatic rings. The van der Waals surface area contributed by atoms with Gasteiger partial charge in [-0.15, -0.1) is 0 Å². The summed E-state index contributed by atoms with van der Waals surface area (Å²) >= 11 is 0. The Labute approximate surface area is 142 Å². The molecule has 0 bridgehead atoms. The molecule has 0 aliphatic carbocycles. The molecule has 3 rings (SSSR count). The number of ether oxygens (including phenoxy) is 2. The average Bonchev–Trinajstić information content (AvgIpc) is 2.90. The smallest absolute Gasteiger partial charge is 0.177 e. The minimum absolute atomic E-state index is 0.166. The van der Waals surface area contributed by atoms with Crippen LogP contribution >= 0.6 is 0 Å². The van der Waals surface area contributed by atoms with Gasteiger partial charge in [0.05, 0.1) is 17.7 Å². The van der Waals surface area contributed by atoms with Crippen LogP contribution in [0.3, 0.4) is 0 Å². The molecule has 1 heterocycles. The van der Waals surface area contributed by atoms with Gasteiger partial charge in [0.25, 0.3) is 0 Å². The molecular formula is C18H21NO4S. The molecule has 0 radical (unpaired) electrons. The van der Waals surface area contributed by atoms with Crippen molar-refractivity contribution in [3.63, 3.8) is 0 Å². The maximum Gasteiger partial charge on any atom is 0.177 e. The van der Waals surface area contributed by atoms with Crippen molar-refractivity contribution in [2.24, 2.45) is 0 Å². The summed E-state index contributed by atoms with van der Waals surface area (Å²) in [5.41, 5.74) is 2.64. The Morgan fingerprint density at radius 1 is 1.29 bits per heavy atom. The van der Waals surface area contributed by atoms with Crippen LogP contribution < -0.4 is 14.8 Å². The molecule has 0 saturated heterocycles. The Balaban J connectivity index is 1.87. The molecule has 0 fully saturated rings. The summed E-state index contributed by atoms with van der Waals surface area (Å²) < 4.78 is 35.1. The third-order valence-corrected chi connectivity index (χ3v) is 5.21. The zero-order valence-corrected chi connectivity index (χ0v) is 14.8. The number of anilines is 1. The molecule has 5 nitrogen and oxygen atoms in total. The zero-order valence-electron chi connectivity index (χ0n) is 14.0. The minimum Gasteiger partial charge on any atom is -0.496 e. The molecule has 1 N–H and O–H groups in total. The van der Waals surface area contributed by atoms with Crippen LogP contribution in [0.15, 0.2) is 41.3 Å². The lowest BCUT2D eigenvalue weighted by Gasteiger charge is -2.14. The van der Waals surface area contributed by atoms with Crippen molar-refractivity contribution in [3.05, 3.63) is 47.5 Å². The van der Waals surface area contributed by atoms with Gasteiger partial charge in [-0.1, -0.05) is 12.1 Å². The number of rotatable bonds is 5. The molecule has 0 spiro atoms. The Kier molecular flexibility index (Phi) is 4.41. The van der Waals surface area contributed by atoms with Gasteiger partial charge in [0.1, 0.15) is 17.6 Å². The van der Waals surface area contributed by atoms with E-state index in [9.17, 15) is 8.42 Å². The fourth-order valence-electron chi connectivity index (χ4n) is 2.94. The van der Waals surface area contributed by atoms with Gasteiger partial charge in [0.2, 0.25) is 0 Å². The number of para-hydroxylation sites is 1. The monoisotopic (exact) mass is 347 g/mol. The molecule has 0 aromatic heterocycles. The number of nitrogens with one attached hydrogen (secondary N) is 1. The average molecular weight is 347 g/mol. The lowest BCUT2D eigenvalue weighted by Crippen LogP contribution is -2.07. The summed E-state index contributed by atoms with van der Waals surface area (Å²) in [5, 5.41) is 3.20. The summed E-state index contributed by atoms with van der Waals surface area (Å²) in [6.45, 7) is 2.48. The Hall–Kier alpha value is -2.21. The van der Waals surface area contributed by atoms with E-state index in [2.05, 4.69) is 5.32 Å². The van der Waals surface area contributed by atoms with Crippen molar-refractivity contribution in [3.8, 4) is 11.5 Å². The van der Waals surface area contributed by atoms with Gasteiger partial charge < -0.3 is 14.8 Å². The summed E-state index contributed by atoms with van der Waals surface area (Å²) in [5.74, 6) is 1.65. The van der Waals surface area contributed by atoms with Crippen molar-refractivity contribution < 1.29 is 17.9 Å². The second-order valence-electron chi connectivity index (χ2n) is 6.03. The SMILES string of the molecule is COc1cc2c(cc1CNc1ccccc1S(C)(=O)=O)O[C@@H](C)C2. The normalized spacial score (nSPS) is 16.4. The summed E-state index contributed by atoms with van der Waals surface area (Å²) in [6, 6.07) is 10.8. The molecule has 128 valence electrons. The van der Waals surface area contributed by atoms with E-state index >= 15 is 0 Å². The highest BCUT2D eigenvalue weighted by molar-refractivity contribution is 7.90. The number of methoxy groups -OCH3 is 1. The third kappa shape index (κ3) is 3.33. The third-order valence-electron chi connectivity index (χ3n) is 4.05. The van der Waals surface area contributed by atoms with Crippen molar-refractivity contribution in [2.75, 3.05) is 18.7 Å². The highest BCUT2D eigenvalue weighted by Crippen LogP contribution is 2.35. The molecule has 0 unspecified atom stereocenters. The Bertz CT molecular complexity index is 861. The van der Waals surface area contributed by atoms with Gasteiger partial charge >= 0.3 is 0 Å². The van der Waals surface area contributed by atoms with Crippen LogP contribution in [0.2, 0.25) is 0 Å². The van der Waals surface area contributed by atoms with E-state index in [1.54, 1.807) is 25.3 Å². The molecule has 0 saturated carbocycles. The maximum absolute atomic E-state index is 11.9. The van der Waals surface area contributed by atoms with E-state index in [0.29, 0.717) is 12.2 Å². The Morgan fingerprint density at radius 2 is 2.04 bits per heavy atom. The molecule has 24 heavy (non-hydrogen) atoms. The van der Waals surface area contributed by atoms with E-state index in [4.69, 9.17) is 9.47 Å². The molecule has 1 aliphatic rings. The van der Waals surface area contributed by atoms with Crippen LogP contribution in [0.1, 0.15) is 18.1 Å². The molecule has 6 heteroatoms. The number of fused-ring (bicyclic) bond motifs is 1. The first-order valence-corrected chi connectivity index (χ1v) is 9.67. The van der Waals surface area contributed by atoms with Crippen molar-refractivity contribution in [1.82, 2.24) is 0 Å². The fraction of sp³-hybridized carbons (Fsp3) is 0.333. The van der Waals surface area contributed by atoms with Crippen LogP contribution in [0.5, 0.6) is 11.5 Å². The van der Waals surface area contributed by atoms with Gasteiger partial charge in [0, 0.05) is 30.3 Å². The van der Waals surface area contributed by atoms with Gasteiger partial charge in [-0.2, -0.15) is 0 Å². The standard InChI is InChI=1S/C18H21NO4S/c1-12-8-13-9-16(22-2)14(10-17(13)23-12)11-19-15-6-4-5-7-18(15)24(3,20)21/h4-7,9-10,12,19H,8,11H2,1-3H3/t12-/m0/s1. The predicted octanol–water partition coefficient (Wildman–Crippen LogP) is 3.03. The summed E-state index contributed by atoms with van der Waals surface area (Å²) in [4.78, 5) is 0.287. The van der Waals surface area contributed by atoms with Crippen molar-refractivity contribution in [2.45, 2.75) is 30.9 Å². The van der Waals surface area contributed by atoms with Gasteiger partial charge in [0.15, 0.2) is 9.84 Å². The molecule has 1 aliphatic heterocycles. The van der Waals surface area contributed by atoms with Gasteiger partial charge in [-0.05, 0) is 31.2 Å². The van der Waals surface area contributed by atoms with Crippen molar-refractivity contribution in [1.29, 1.82) is 0 Å². The van der Waals surface area contributed by atoms with Crippen LogP contribution in [-0.4, -0.2) is 27.9 Å². The highest BCUT2D eigenvalue weighted by Gasteiger charge is 2.22. The summed E-state index contributed by atoms with van der Waals surface area (Å²) in [7, 11) is -1.65. The quantitative estimate of drug-likeness (QED) is 0.901. The number of hydrogen-bond donors (Lipinski definition) is 1. The molecule has 1 atom stereocenters. The van der Waals surface area contributed by atoms with Crippen LogP contribution in [0.25, 0.3) is 0 Å². The zero-order chi connectivity index (χ0) is 17.3. The predicted molar refractivity (Wildman–Crippen MR) is 93.7 cm³/mol. The van der Waals surface area contributed by atoms with Crippen LogP contribution in [0.4, 0.5) is 5.69 Å². The van der Waals surface area contributed by atoms with Gasteiger partial charge in [-0.3, -0.25) is 0 Å². The molecular weight excluding hydrogens is 326 g/mol. The second kappa shape index (κ2) is 6.36. The number of sulfone groups is 1. The lowest BCUT2D eigenvalue weighted by atomic mass is 10.1. The van der Waals surface area contributed by atoms with E-state index in [1.165, 1.54) is 6.26 Å². The number of benzene rings is 2. The minimum atomic E-state index is -3.29. The Morgan fingerprint density at radius 3 is 2.75 bits per heavy atom. The highest BCUT2D eigenvalue weighted by atomic mass is 32.2. The molecule has 0 amide bonds. The van der Waals surface area contributed by atoms with Gasteiger partial charge in [-0.25, -0.2) is 8.42 Å². The second-order valence-corrected chi connectivity index (χ2v) is 8.01. The van der Waals surface area contributed by atoms with E-state index < -0.39 is 9.84 Å². The first-order chi connectivity index (χ1) is 11.4. The lowest BCUT2D eigenvalue weighted by molar-refractivity contribution is 0.254. The summed E-state index contributed by atoms with van der Waals surface area (Å²) in [6.07, 6.45) is 2.24. The number of hydrogen-bond acceptors (Lipinski definition) is 5. The largest absolute Gasteiger partial charge is 0.496 e. The van der Waals surface area contributed by atoms with E-state index in [1.807, 2.05) is 25.1 Å². The maximum atomic E-state index is 11.9. The molecule has 2 aromatic carbocycles. The van der Waals surface area contributed by atoms with E-state index in [-0.39, 0.29) is 11.0 Å². The van der Waals surface area contributed by atoms with Crippen LogP contribution in [-0.2, 0) is 22.8 Å². The fourth-order valence-corrected chi connectivity index (χ4v) is 3.80. The van der Waals surface area contributed by atoms with Crippen LogP contribution in [0, 0.1) is 0 Å². The van der Waals surface area contributed by atoms with Crippen molar-refractivity contribution >= 4 is 15.5 Å². The first-order valence-electron chi connectivity index (χ1n) is 7.78.